The highest BCUT2D eigenvalue weighted by molar-refractivity contribution is 6.06. The topological polar surface area (TPSA) is 136 Å². The van der Waals surface area contributed by atoms with Crippen LogP contribution in [0.2, 0.25) is 0 Å². The van der Waals surface area contributed by atoms with Crippen molar-refractivity contribution in [3.05, 3.63) is 48.0 Å². The van der Waals surface area contributed by atoms with Crippen molar-refractivity contribution in [3.8, 4) is 5.75 Å². The molecule has 2 aliphatic heterocycles. The van der Waals surface area contributed by atoms with E-state index >= 15 is 0 Å². The third kappa shape index (κ3) is 6.77. The van der Waals surface area contributed by atoms with Crippen molar-refractivity contribution in [3.63, 3.8) is 0 Å². The average Bonchev–Trinajstić information content (AvgIpc) is 2.99. The van der Waals surface area contributed by atoms with Gasteiger partial charge in [-0.2, -0.15) is 15.0 Å². The SMILES string of the molecule is CCC(=O)Nc1ccc(C(=O)Nc2ccc(Nc3nc(N4CCCCC4)nc(N4CCCCC4)n3)cc2)c(O)c1. The Morgan fingerprint density at radius 3 is 1.85 bits per heavy atom. The maximum absolute atomic E-state index is 12.8. The number of rotatable bonds is 8. The predicted octanol–water partition coefficient (Wildman–Crippen LogP) is 4.90. The summed E-state index contributed by atoms with van der Waals surface area (Å²) in [5.74, 6) is 1.07. The van der Waals surface area contributed by atoms with E-state index in [1.165, 1.54) is 25.0 Å². The Morgan fingerprint density at radius 1 is 0.750 bits per heavy atom. The summed E-state index contributed by atoms with van der Waals surface area (Å²) in [7, 11) is 0. The van der Waals surface area contributed by atoms with Crippen molar-refractivity contribution >= 4 is 46.7 Å². The molecule has 0 radical (unpaired) electrons. The molecule has 0 atom stereocenters. The van der Waals surface area contributed by atoms with Gasteiger partial charge < -0.3 is 30.9 Å². The molecule has 5 rings (SSSR count). The zero-order chi connectivity index (χ0) is 27.9. The summed E-state index contributed by atoms with van der Waals surface area (Å²) < 4.78 is 0. The van der Waals surface area contributed by atoms with Crippen LogP contribution in [-0.2, 0) is 4.79 Å². The van der Waals surface area contributed by atoms with Gasteiger partial charge in [-0.15, -0.1) is 0 Å². The molecule has 2 fully saturated rings. The lowest BCUT2D eigenvalue weighted by Gasteiger charge is -2.30. The maximum Gasteiger partial charge on any atom is 0.259 e. The van der Waals surface area contributed by atoms with Crippen LogP contribution in [0.4, 0.5) is 34.9 Å². The number of anilines is 6. The summed E-state index contributed by atoms with van der Waals surface area (Å²) in [4.78, 5) is 43.1. The zero-order valence-electron chi connectivity index (χ0n) is 22.8. The Kier molecular flexibility index (Phi) is 8.58. The van der Waals surface area contributed by atoms with Crippen molar-refractivity contribution in [2.75, 3.05) is 51.9 Å². The van der Waals surface area contributed by atoms with Gasteiger partial charge in [0.2, 0.25) is 23.8 Å². The summed E-state index contributed by atoms with van der Waals surface area (Å²) in [6.45, 7) is 5.53. The maximum atomic E-state index is 12.8. The Bertz CT molecular complexity index is 1300. The van der Waals surface area contributed by atoms with E-state index in [0.29, 0.717) is 35.6 Å². The number of hydrogen-bond donors (Lipinski definition) is 4. The highest BCUT2D eigenvalue weighted by Crippen LogP contribution is 2.26. The lowest BCUT2D eigenvalue weighted by Crippen LogP contribution is -2.34. The van der Waals surface area contributed by atoms with Gasteiger partial charge in [-0.1, -0.05) is 6.92 Å². The fraction of sp³-hybridized carbons (Fsp3) is 0.414. The van der Waals surface area contributed by atoms with Gasteiger partial charge >= 0.3 is 0 Å². The fourth-order valence-corrected chi connectivity index (χ4v) is 4.90. The molecular formula is C29H36N8O3. The Labute approximate surface area is 234 Å². The van der Waals surface area contributed by atoms with E-state index in [0.717, 1.165) is 57.5 Å². The van der Waals surface area contributed by atoms with Gasteiger partial charge in [0.1, 0.15) is 5.75 Å². The van der Waals surface area contributed by atoms with Crippen molar-refractivity contribution in [1.82, 2.24) is 15.0 Å². The normalized spacial score (nSPS) is 15.4. The molecule has 0 aliphatic carbocycles. The minimum atomic E-state index is -0.457. The number of carbonyl (C=O) groups is 2. The van der Waals surface area contributed by atoms with Crippen molar-refractivity contribution in [2.24, 2.45) is 0 Å². The molecule has 3 heterocycles. The largest absolute Gasteiger partial charge is 0.507 e. The molecule has 210 valence electrons. The van der Waals surface area contributed by atoms with Crippen LogP contribution in [0.1, 0.15) is 62.2 Å². The number of nitrogens with one attached hydrogen (secondary N) is 3. The summed E-state index contributed by atoms with van der Waals surface area (Å²) >= 11 is 0. The van der Waals surface area contributed by atoms with Gasteiger partial charge in [-0.3, -0.25) is 9.59 Å². The number of aromatic hydroxyl groups is 1. The predicted molar refractivity (Wildman–Crippen MR) is 157 cm³/mol. The van der Waals surface area contributed by atoms with Crippen LogP contribution in [-0.4, -0.2) is 58.1 Å². The second-order valence-electron chi connectivity index (χ2n) is 10.1. The molecular weight excluding hydrogens is 508 g/mol. The molecule has 11 heteroatoms. The fourth-order valence-electron chi connectivity index (χ4n) is 4.90. The van der Waals surface area contributed by atoms with Crippen LogP contribution in [0.15, 0.2) is 42.5 Å². The first-order chi connectivity index (χ1) is 19.5. The monoisotopic (exact) mass is 544 g/mol. The molecule has 0 saturated carbocycles. The number of piperidine rings is 2. The average molecular weight is 545 g/mol. The number of phenolic OH excluding ortho intramolecular Hbond substituents is 1. The van der Waals surface area contributed by atoms with Crippen LogP contribution >= 0.6 is 0 Å². The lowest BCUT2D eigenvalue weighted by atomic mass is 10.1. The van der Waals surface area contributed by atoms with Gasteiger partial charge in [0.15, 0.2) is 0 Å². The molecule has 40 heavy (non-hydrogen) atoms. The Balaban J connectivity index is 1.28. The van der Waals surface area contributed by atoms with E-state index in [1.54, 1.807) is 25.1 Å². The van der Waals surface area contributed by atoms with Gasteiger partial charge in [-0.05, 0) is 74.9 Å². The van der Waals surface area contributed by atoms with Gasteiger partial charge in [-0.25, -0.2) is 0 Å². The van der Waals surface area contributed by atoms with E-state index in [2.05, 4.69) is 25.8 Å². The smallest absolute Gasteiger partial charge is 0.259 e. The zero-order valence-corrected chi connectivity index (χ0v) is 22.8. The molecule has 4 N–H and O–H groups in total. The highest BCUT2D eigenvalue weighted by atomic mass is 16.3. The van der Waals surface area contributed by atoms with Crippen LogP contribution in [0, 0.1) is 0 Å². The molecule has 1 aromatic heterocycles. The molecule has 2 aromatic carbocycles. The molecule has 2 saturated heterocycles. The lowest BCUT2D eigenvalue weighted by molar-refractivity contribution is -0.115. The number of benzene rings is 2. The van der Waals surface area contributed by atoms with E-state index in [9.17, 15) is 14.7 Å². The number of nitrogens with zero attached hydrogens (tertiary/aromatic N) is 5. The minimum absolute atomic E-state index is 0.109. The summed E-state index contributed by atoms with van der Waals surface area (Å²) in [5, 5.41) is 19.1. The van der Waals surface area contributed by atoms with Crippen LogP contribution in [0.25, 0.3) is 0 Å². The second kappa shape index (κ2) is 12.6. The number of phenols is 1. The van der Waals surface area contributed by atoms with Crippen molar-refractivity contribution in [1.29, 1.82) is 0 Å². The summed E-state index contributed by atoms with van der Waals surface area (Å²) in [6, 6.07) is 11.6. The van der Waals surface area contributed by atoms with Crippen molar-refractivity contribution in [2.45, 2.75) is 51.9 Å². The minimum Gasteiger partial charge on any atom is -0.507 e. The van der Waals surface area contributed by atoms with E-state index < -0.39 is 5.91 Å². The van der Waals surface area contributed by atoms with Crippen LogP contribution in [0.5, 0.6) is 5.75 Å². The Hall–Kier alpha value is -4.41. The Morgan fingerprint density at radius 2 is 1.30 bits per heavy atom. The second-order valence-corrected chi connectivity index (χ2v) is 10.1. The van der Waals surface area contributed by atoms with Crippen LogP contribution < -0.4 is 25.8 Å². The number of amides is 2. The molecule has 2 aliphatic rings. The standard InChI is InChI=1S/C29H36N8O3/c1-2-25(39)30-22-13-14-23(24(38)19-22)26(40)31-20-9-11-21(12-10-20)32-27-33-28(36-15-5-3-6-16-36)35-29(34-27)37-17-7-4-8-18-37/h9-14,19,38H,2-8,15-18H2,1H3,(H,30,39)(H,31,40)(H,32,33,34,35). The highest BCUT2D eigenvalue weighted by Gasteiger charge is 2.20. The molecule has 3 aromatic rings. The summed E-state index contributed by atoms with van der Waals surface area (Å²) in [6.07, 6.45) is 7.33. The van der Waals surface area contributed by atoms with Crippen LogP contribution in [0.3, 0.4) is 0 Å². The van der Waals surface area contributed by atoms with Gasteiger partial charge in [0, 0.05) is 55.7 Å². The van der Waals surface area contributed by atoms with E-state index in [4.69, 9.17) is 15.0 Å². The third-order valence-corrected chi connectivity index (χ3v) is 7.14. The van der Waals surface area contributed by atoms with E-state index in [1.807, 2.05) is 12.1 Å². The van der Waals surface area contributed by atoms with Crippen molar-refractivity contribution < 1.29 is 14.7 Å². The molecule has 11 nitrogen and oxygen atoms in total. The number of hydrogen-bond acceptors (Lipinski definition) is 9. The third-order valence-electron chi connectivity index (χ3n) is 7.14. The first-order valence-electron chi connectivity index (χ1n) is 14.1. The first kappa shape index (κ1) is 27.2. The number of aromatic nitrogens is 3. The molecule has 0 spiro atoms. The quantitative estimate of drug-likeness (QED) is 0.312. The first-order valence-corrected chi connectivity index (χ1v) is 14.1. The van der Waals surface area contributed by atoms with Gasteiger partial charge in [0.05, 0.1) is 5.56 Å². The summed E-state index contributed by atoms with van der Waals surface area (Å²) in [5.41, 5.74) is 1.88. The molecule has 0 unspecified atom stereocenters. The molecule has 0 bridgehead atoms. The molecule has 2 amide bonds. The number of carbonyl (C=O) groups excluding carboxylic acids is 2. The van der Waals surface area contributed by atoms with E-state index in [-0.39, 0.29) is 17.2 Å². The van der Waals surface area contributed by atoms with Gasteiger partial charge in [0.25, 0.3) is 5.91 Å².